The van der Waals surface area contributed by atoms with Gasteiger partial charge in [0.25, 0.3) is 0 Å². The first-order valence-electron chi connectivity index (χ1n) is 9.59. The van der Waals surface area contributed by atoms with Gasteiger partial charge in [-0.25, -0.2) is 8.42 Å². The second-order valence-electron chi connectivity index (χ2n) is 7.23. The minimum atomic E-state index is -3.84. The number of sulfonamides is 1. The summed E-state index contributed by atoms with van der Waals surface area (Å²) < 4.78 is 32.7. The first kappa shape index (κ1) is 20.6. The number of rotatable bonds is 6. The molecule has 2 heterocycles. The van der Waals surface area contributed by atoms with Crippen LogP contribution in [0.25, 0.3) is 0 Å². The van der Waals surface area contributed by atoms with E-state index in [-0.39, 0.29) is 16.7 Å². The smallest absolute Gasteiger partial charge is 0.245 e. The van der Waals surface area contributed by atoms with Gasteiger partial charge < -0.3 is 14.5 Å². The summed E-state index contributed by atoms with van der Waals surface area (Å²) in [7, 11) is -2.34. The molecule has 0 spiro atoms. The van der Waals surface area contributed by atoms with Crippen molar-refractivity contribution in [3.8, 4) is 5.75 Å². The fraction of sp³-hybridized carbons (Fsp3) is 0.579. The van der Waals surface area contributed by atoms with Crippen LogP contribution in [0.5, 0.6) is 5.75 Å². The van der Waals surface area contributed by atoms with Crippen molar-refractivity contribution in [2.45, 2.75) is 49.6 Å². The van der Waals surface area contributed by atoms with Gasteiger partial charge in [0.1, 0.15) is 17.8 Å². The Bertz CT molecular complexity index is 818. The summed E-state index contributed by atoms with van der Waals surface area (Å²) in [4.78, 5) is 28.8. The van der Waals surface area contributed by atoms with Crippen molar-refractivity contribution in [1.29, 1.82) is 0 Å². The number of benzene rings is 1. The van der Waals surface area contributed by atoms with E-state index in [1.807, 2.05) is 0 Å². The Kier molecular flexibility index (Phi) is 6.24. The van der Waals surface area contributed by atoms with Gasteiger partial charge in [0.05, 0.1) is 12.0 Å². The average molecular weight is 410 g/mol. The van der Waals surface area contributed by atoms with Gasteiger partial charge in [-0.2, -0.15) is 4.72 Å². The summed E-state index contributed by atoms with van der Waals surface area (Å²) in [6.45, 7) is 3.52. The van der Waals surface area contributed by atoms with Crippen molar-refractivity contribution < 1.29 is 22.7 Å². The highest BCUT2D eigenvalue weighted by molar-refractivity contribution is 7.89. The molecule has 2 aliphatic rings. The summed E-state index contributed by atoms with van der Waals surface area (Å²) in [6.07, 6.45) is 3.43. The fourth-order valence-electron chi connectivity index (χ4n) is 3.72. The van der Waals surface area contributed by atoms with Gasteiger partial charge in [-0.3, -0.25) is 9.59 Å². The predicted molar refractivity (Wildman–Crippen MR) is 103 cm³/mol. The highest BCUT2D eigenvalue weighted by Crippen LogP contribution is 2.21. The second-order valence-corrected chi connectivity index (χ2v) is 8.95. The van der Waals surface area contributed by atoms with Gasteiger partial charge in [0.2, 0.25) is 21.8 Å². The molecule has 0 saturated carbocycles. The molecule has 0 radical (unpaired) electrons. The molecule has 3 rings (SSSR count). The molecule has 28 heavy (non-hydrogen) atoms. The third kappa shape index (κ3) is 4.30. The summed E-state index contributed by atoms with van der Waals surface area (Å²) in [6, 6.07) is 4.53. The van der Waals surface area contributed by atoms with Crippen LogP contribution in [-0.4, -0.2) is 68.9 Å². The molecule has 0 bridgehead atoms. The molecule has 2 atom stereocenters. The molecule has 0 aromatic heterocycles. The maximum Gasteiger partial charge on any atom is 0.245 e. The number of piperidine rings is 1. The van der Waals surface area contributed by atoms with E-state index in [2.05, 4.69) is 4.72 Å². The lowest BCUT2D eigenvalue weighted by Crippen LogP contribution is -2.51. The Morgan fingerprint density at radius 2 is 1.79 bits per heavy atom. The standard InChI is InChI=1S/C19H27N3O5S/c1-14(18(23)21-11-4-3-5-12-21)22-13-10-17(19(22)24)20-28(25,26)16-8-6-15(27-2)7-9-16/h6-9,14,17,20H,3-5,10-13H2,1-2H3/t14-,17?/m1/s1. The highest BCUT2D eigenvalue weighted by atomic mass is 32.2. The number of amides is 2. The molecular weight excluding hydrogens is 382 g/mol. The van der Waals surface area contributed by atoms with Crippen molar-refractivity contribution in [1.82, 2.24) is 14.5 Å². The largest absolute Gasteiger partial charge is 0.497 e. The van der Waals surface area contributed by atoms with E-state index in [0.29, 0.717) is 18.7 Å². The Morgan fingerprint density at radius 1 is 1.14 bits per heavy atom. The van der Waals surface area contributed by atoms with E-state index in [4.69, 9.17) is 4.74 Å². The van der Waals surface area contributed by atoms with Crippen molar-refractivity contribution in [2.24, 2.45) is 0 Å². The number of carbonyl (C=O) groups excluding carboxylic acids is 2. The number of ether oxygens (including phenoxy) is 1. The number of hydrogen-bond donors (Lipinski definition) is 1. The van der Waals surface area contributed by atoms with Crippen LogP contribution < -0.4 is 9.46 Å². The number of hydrogen-bond acceptors (Lipinski definition) is 5. The Morgan fingerprint density at radius 3 is 2.39 bits per heavy atom. The number of nitrogens with zero attached hydrogens (tertiary/aromatic N) is 2. The van der Waals surface area contributed by atoms with Crippen LogP contribution >= 0.6 is 0 Å². The van der Waals surface area contributed by atoms with Gasteiger partial charge in [0.15, 0.2) is 0 Å². The zero-order valence-corrected chi connectivity index (χ0v) is 17.1. The summed E-state index contributed by atoms with van der Waals surface area (Å²) >= 11 is 0. The molecule has 2 aliphatic heterocycles. The quantitative estimate of drug-likeness (QED) is 0.755. The van der Waals surface area contributed by atoms with E-state index in [1.54, 1.807) is 24.0 Å². The normalized spacial score (nSPS) is 21.6. The molecule has 2 saturated heterocycles. The average Bonchev–Trinajstić information content (AvgIpc) is 3.07. The SMILES string of the molecule is COc1ccc(S(=O)(=O)NC2CCN([C@H](C)C(=O)N3CCCCC3)C2=O)cc1. The second kappa shape index (κ2) is 8.48. The Hall–Kier alpha value is -2.13. The number of carbonyl (C=O) groups is 2. The van der Waals surface area contributed by atoms with Crippen molar-refractivity contribution in [2.75, 3.05) is 26.7 Å². The molecule has 1 aromatic carbocycles. The molecule has 9 heteroatoms. The van der Waals surface area contributed by atoms with Crippen LogP contribution in [-0.2, 0) is 19.6 Å². The number of nitrogens with one attached hydrogen (secondary N) is 1. The zero-order chi connectivity index (χ0) is 20.3. The minimum Gasteiger partial charge on any atom is -0.497 e. The molecule has 0 aliphatic carbocycles. The van der Waals surface area contributed by atoms with E-state index in [1.165, 1.54) is 24.1 Å². The van der Waals surface area contributed by atoms with Crippen LogP contribution in [0.15, 0.2) is 29.2 Å². The molecular formula is C19H27N3O5S. The van der Waals surface area contributed by atoms with E-state index >= 15 is 0 Å². The molecule has 8 nitrogen and oxygen atoms in total. The summed E-state index contributed by atoms with van der Waals surface area (Å²) in [5.41, 5.74) is 0. The van der Waals surface area contributed by atoms with Crippen LogP contribution in [0.2, 0.25) is 0 Å². The third-order valence-electron chi connectivity index (χ3n) is 5.40. The van der Waals surface area contributed by atoms with Gasteiger partial charge in [0, 0.05) is 19.6 Å². The molecule has 2 fully saturated rings. The number of likely N-dealkylation sites (tertiary alicyclic amines) is 2. The van der Waals surface area contributed by atoms with Crippen molar-refractivity contribution in [3.63, 3.8) is 0 Å². The van der Waals surface area contributed by atoms with E-state index in [9.17, 15) is 18.0 Å². The first-order chi connectivity index (χ1) is 13.3. The van der Waals surface area contributed by atoms with E-state index < -0.39 is 22.1 Å². The number of methoxy groups -OCH3 is 1. The van der Waals surface area contributed by atoms with Gasteiger partial charge in [-0.15, -0.1) is 0 Å². The molecule has 154 valence electrons. The van der Waals surface area contributed by atoms with Crippen molar-refractivity contribution in [3.05, 3.63) is 24.3 Å². The van der Waals surface area contributed by atoms with Crippen molar-refractivity contribution >= 4 is 21.8 Å². The predicted octanol–water partition coefficient (Wildman–Crippen LogP) is 0.975. The maximum absolute atomic E-state index is 12.8. The van der Waals surface area contributed by atoms with Gasteiger partial charge in [-0.1, -0.05) is 0 Å². The molecule has 1 N–H and O–H groups in total. The minimum absolute atomic E-state index is 0.0632. The van der Waals surface area contributed by atoms with Crippen LogP contribution in [0.3, 0.4) is 0 Å². The lowest BCUT2D eigenvalue weighted by molar-refractivity contribution is -0.143. The topological polar surface area (TPSA) is 96.0 Å². The lowest BCUT2D eigenvalue weighted by Gasteiger charge is -2.32. The van der Waals surface area contributed by atoms with Crippen LogP contribution in [0, 0.1) is 0 Å². The Balaban J connectivity index is 1.65. The summed E-state index contributed by atoms with van der Waals surface area (Å²) in [5.74, 6) is 0.133. The monoisotopic (exact) mass is 409 g/mol. The fourth-order valence-corrected chi connectivity index (χ4v) is 4.94. The zero-order valence-electron chi connectivity index (χ0n) is 16.3. The lowest BCUT2D eigenvalue weighted by atomic mass is 10.1. The van der Waals surface area contributed by atoms with Gasteiger partial charge >= 0.3 is 0 Å². The molecule has 1 aromatic rings. The Labute approximate surface area is 165 Å². The van der Waals surface area contributed by atoms with Gasteiger partial charge in [-0.05, 0) is 56.9 Å². The first-order valence-corrected chi connectivity index (χ1v) is 11.1. The van der Waals surface area contributed by atoms with Crippen LogP contribution in [0.4, 0.5) is 0 Å². The third-order valence-corrected chi connectivity index (χ3v) is 6.89. The summed E-state index contributed by atoms with van der Waals surface area (Å²) in [5, 5.41) is 0. The van der Waals surface area contributed by atoms with E-state index in [0.717, 1.165) is 32.4 Å². The molecule has 1 unspecified atom stereocenters. The highest BCUT2D eigenvalue weighted by Gasteiger charge is 2.40. The maximum atomic E-state index is 12.8. The van der Waals surface area contributed by atoms with Crippen LogP contribution in [0.1, 0.15) is 32.6 Å². The molecule has 2 amide bonds.